The first-order chi connectivity index (χ1) is 30.2. The summed E-state index contributed by atoms with van der Waals surface area (Å²) in [5.74, 6) is 1.40. The van der Waals surface area contributed by atoms with Gasteiger partial charge in [-0.05, 0) is 69.8 Å². The fourth-order valence-corrected chi connectivity index (χ4v) is 10.9. The Bertz CT molecular complexity index is 3400. The lowest BCUT2D eigenvalue weighted by Gasteiger charge is -2.39. The third-order valence-electron chi connectivity index (χ3n) is 12.2. The van der Waals surface area contributed by atoms with E-state index in [2.05, 4.69) is 119 Å². The number of nitrogens with zero attached hydrogens (tertiary/aromatic N) is 6. The molecule has 0 bridgehead atoms. The Morgan fingerprint density at radius 1 is 0.541 bits per heavy atom. The van der Waals surface area contributed by atoms with Crippen molar-refractivity contribution in [1.82, 2.24) is 19.5 Å². The molecule has 2 aliphatic rings. The maximum absolute atomic E-state index is 11.0. The summed E-state index contributed by atoms with van der Waals surface area (Å²) >= 11 is 1.83. The van der Waals surface area contributed by atoms with E-state index in [0.717, 1.165) is 32.9 Å². The number of nitriles is 1. The average molecular weight is 795 g/mol. The second-order valence-corrected chi connectivity index (χ2v) is 16.4. The van der Waals surface area contributed by atoms with Gasteiger partial charge >= 0.3 is 0 Å². The molecule has 0 atom stereocenters. The van der Waals surface area contributed by atoms with Crippen molar-refractivity contribution in [2.75, 3.05) is 0 Å². The Morgan fingerprint density at radius 2 is 1.10 bits per heavy atom. The van der Waals surface area contributed by atoms with E-state index in [0.29, 0.717) is 40.0 Å². The number of rotatable bonds is 4. The number of para-hydroxylation sites is 1. The van der Waals surface area contributed by atoms with Crippen LogP contribution in [0.3, 0.4) is 0 Å². The summed E-state index contributed by atoms with van der Waals surface area (Å²) in [4.78, 5) is 21.3. The van der Waals surface area contributed by atoms with E-state index in [1.807, 2.05) is 90.6 Å². The molecule has 61 heavy (non-hydrogen) atoms. The predicted molar refractivity (Wildman–Crippen MR) is 243 cm³/mol. The smallest absolute Gasteiger partial charge is 0.212 e. The van der Waals surface area contributed by atoms with E-state index in [1.54, 1.807) is 0 Å². The van der Waals surface area contributed by atoms with Gasteiger partial charge in [0.2, 0.25) is 5.69 Å². The monoisotopic (exact) mass is 794 g/mol. The van der Waals surface area contributed by atoms with Gasteiger partial charge in [-0.2, -0.15) is 5.26 Å². The van der Waals surface area contributed by atoms with Crippen molar-refractivity contribution in [2.45, 2.75) is 15.2 Å². The van der Waals surface area contributed by atoms with Crippen molar-refractivity contribution in [1.29, 1.82) is 5.26 Å². The zero-order chi connectivity index (χ0) is 40.7. The third kappa shape index (κ3) is 4.99. The first-order valence-corrected chi connectivity index (χ1v) is 20.9. The number of hydrogen-bond donors (Lipinski definition) is 0. The van der Waals surface area contributed by atoms with Crippen LogP contribution in [0, 0.1) is 17.9 Å². The summed E-state index contributed by atoms with van der Waals surface area (Å²) in [7, 11) is 0. The Balaban J connectivity index is 1.13. The highest BCUT2D eigenvalue weighted by Gasteiger charge is 2.50. The molecule has 0 saturated carbocycles. The van der Waals surface area contributed by atoms with Gasteiger partial charge < -0.3 is 4.57 Å². The lowest BCUT2D eigenvalue weighted by Crippen LogP contribution is -2.31. The third-order valence-corrected chi connectivity index (χ3v) is 13.3. The Labute approximate surface area is 355 Å². The molecule has 282 valence electrons. The molecule has 0 amide bonds. The van der Waals surface area contributed by atoms with Crippen molar-refractivity contribution < 1.29 is 0 Å². The van der Waals surface area contributed by atoms with E-state index in [-0.39, 0.29) is 0 Å². The molecule has 3 heterocycles. The zero-order valence-corrected chi connectivity index (χ0v) is 33.2. The maximum atomic E-state index is 11.0. The largest absolute Gasteiger partial charge is 0.318 e. The SMILES string of the molecule is [C-]#[N+]c1cc(-c2nc(-c3ccccc3)nc(-c3ccccc3)n2)cc(C#N)c1-n1c2ccccc2c2c3c(ccc21)C1(c2ccccc2Sc2ccccc21)c1ccccc1-3. The molecule has 8 aromatic carbocycles. The zero-order valence-electron chi connectivity index (χ0n) is 32.4. The van der Waals surface area contributed by atoms with Gasteiger partial charge in [0, 0.05) is 37.3 Å². The molecule has 10 aromatic rings. The minimum atomic E-state index is -0.537. The fourth-order valence-electron chi connectivity index (χ4n) is 9.73. The summed E-state index contributed by atoms with van der Waals surface area (Å²) in [6, 6.07) is 65.0. The van der Waals surface area contributed by atoms with Crippen LogP contribution in [0.25, 0.3) is 77.6 Å². The average Bonchev–Trinajstić information content (AvgIpc) is 3.82. The van der Waals surface area contributed by atoms with Crippen molar-refractivity contribution >= 4 is 39.3 Å². The molecule has 0 N–H and O–H groups in total. The van der Waals surface area contributed by atoms with Crippen LogP contribution in [-0.4, -0.2) is 19.5 Å². The Kier molecular flexibility index (Phi) is 7.71. The molecule has 12 rings (SSSR count). The van der Waals surface area contributed by atoms with Crippen LogP contribution in [0.1, 0.15) is 27.8 Å². The molecular weight excluding hydrogens is 765 g/mol. The molecule has 2 aromatic heterocycles. The Hall–Kier alpha value is -8.10. The van der Waals surface area contributed by atoms with Crippen LogP contribution in [0.2, 0.25) is 0 Å². The molecule has 0 saturated heterocycles. The first kappa shape index (κ1) is 34.9. The highest BCUT2D eigenvalue weighted by atomic mass is 32.2. The molecule has 6 nitrogen and oxygen atoms in total. The van der Waals surface area contributed by atoms with Gasteiger partial charge in [0.25, 0.3) is 0 Å². The minimum Gasteiger partial charge on any atom is -0.318 e. The van der Waals surface area contributed by atoms with Gasteiger partial charge in [-0.3, -0.25) is 0 Å². The summed E-state index contributed by atoms with van der Waals surface area (Å²) in [5, 5.41) is 13.2. The quantitative estimate of drug-likeness (QED) is 0.166. The van der Waals surface area contributed by atoms with E-state index >= 15 is 0 Å². The molecule has 0 radical (unpaired) electrons. The van der Waals surface area contributed by atoms with Crippen LogP contribution in [0.5, 0.6) is 0 Å². The van der Waals surface area contributed by atoms with Gasteiger partial charge in [-0.1, -0.05) is 157 Å². The van der Waals surface area contributed by atoms with Gasteiger partial charge in [0.15, 0.2) is 17.5 Å². The van der Waals surface area contributed by atoms with E-state index < -0.39 is 5.41 Å². The molecular formula is C54H30N6S. The number of benzene rings is 8. The molecule has 1 aliphatic heterocycles. The number of fused-ring (bicyclic) bond motifs is 13. The summed E-state index contributed by atoms with van der Waals surface area (Å²) in [6.45, 7) is 8.62. The Morgan fingerprint density at radius 3 is 1.74 bits per heavy atom. The van der Waals surface area contributed by atoms with Crippen molar-refractivity contribution in [3.8, 4) is 57.0 Å². The van der Waals surface area contributed by atoms with Crippen molar-refractivity contribution in [3.05, 3.63) is 221 Å². The maximum Gasteiger partial charge on any atom is 0.212 e. The molecule has 0 fully saturated rings. The lowest BCUT2D eigenvalue weighted by atomic mass is 9.67. The normalized spacial score (nSPS) is 13.0. The first-order valence-electron chi connectivity index (χ1n) is 20.0. The highest BCUT2D eigenvalue weighted by Crippen LogP contribution is 2.63. The van der Waals surface area contributed by atoms with Crippen molar-refractivity contribution in [3.63, 3.8) is 0 Å². The van der Waals surface area contributed by atoms with Crippen LogP contribution in [0.4, 0.5) is 5.69 Å². The summed E-state index contributed by atoms with van der Waals surface area (Å²) < 4.78 is 2.12. The van der Waals surface area contributed by atoms with Gasteiger partial charge in [0.05, 0.1) is 40.3 Å². The predicted octanol–water partition coefficient (Wildman–Crippen LogP) is 13.2. The van der Waals surface area contributed by atoms with Gasteiger partial charge in [-0.25, -0.2) is 19.8 Å². The number of hydrogen-bond acceptors (Lipinski definition) is 5. The summed E-state index contributed by atoms with van der Waals surface area (Å²) in [6.07, 6.45) is 0. The van der Waals surface area contributed by atoms with Crippen LogP contribution in [-0.2, 0) is 5.41 Å². The molecule has 1 spiro atoms. The lowest BCUT2D eigenvalue weighted by molar-refractivity contribution is 0.723. The van der Waals surface area contributed by atoms with E-state index in [1.165, 1.54) is 43.2 Å². The van der Waals surface area contributed by atoms with Crippen LogP contribution >= 0.6 is 11.8 Å². The van der Waals surface area contributed by atoms with E-state index in [9.17, 15) is 5.26 Å². The topological polar surface area (TPSA) is 71.8 Å². The second-order valence-electron chi connectivity index (χ2n) is 15.3. The second kappa shape index (κ2) is 13.5. The fraction of sp³-hybridized carbons (Fsp3) is 0.0185. The molecule has 0 unspecified atom stereocenters. The highest BCUT2D eigenvalue weighted by molar-refractivity contribution is 7.99. The standard InChI is InChI=1S/C54H30N6S/c1-56-43-31-35(53-58-51(33-16-4-2-5-17-33)57-52(59-53)34-18-6-3-7-19-34)30-36(32-55)50(43)60-44-25-13-9-21-38(44)49-45(60)29-28-42-48(49)37-20-8-10-22-39(37)54(42)40-23-11-14-26-46(40)61-47-27-15-12-24-41(47)54/h2-31H. The van der Waals surface area contributed by atoms with Gasteiger partial charge in [-0.15, -0.1) is 0 Å². The number of aromatic nitrogens is 4. The molecule has 7 heteroatoms. The van der Waals surface area contributed by atoms with Crippen LogP contribution in [0.15, 0.2) is 192 Å². The van der Waals surface area contributed by atoms with Gasteiger partial charge in [0.1, 0.15) is 0 Å². The molecule has 1 aliphatic carbocycles. The minimum absolute atomic E-state index is 0.323. The van der Waals surface area contributed by atoms with Crippen LogP contribution < -0.4 is 0 Å². The summed E-state index contributed by atoms with van der Waals surface area (Å²) in [5.41, 5.74) is 12.1. The van der Waals surface area contributed by atoms with E-state index in [4.69, 9.17) is 21.5 Å². The van der Waals surface area contributed by atoms with Crippen molar-refractivity contribution in [2.24, 2.45) is 0 Å².